The first-order valence-corrected chi connectivity index (χ1v) is 12.2. The van der Waals surface area contributed by atoms with Gasteiger partial charge in [0.25, 0.3) is 0 Å². The van der Waals surface area contributed by atoms with E-state index in [0.717, 1.165) is 18.7 Å². The number of hydrogen-bond acceptors (Lipinski definition) is 7. The summed E-state index contributed by atoms with van der Waals surface area (Å²) < 4.78 is 31.4. The first kappa shape index (κ1) is 20.6. The molecule has 0 radical (unpaired) electrons. The first-order chi connectivity index (χ1) is 12.8. The highest BCUT2D eigenvalue weighted by molar-refractivity contribution is 7.99. The van der Waals surface area contributed by atoms with Crippen LogP contribution in [-0.4, -0.2) is 76.5 Å². The highest BCUT2D eigenvalue weighted by atomic mass is 32.2. The standard InChI is InChI=1S/C17H28N4O4S2/c1-12(2)16-18-19-17(20(16)3)26-10-15(22)21(9-14-5-4-7-25-14)13-6-8-27(23,24)11-13/h12-14H,4-11H2,1-3H3. The molecule has 27 heavy (non-hydrogen) atoms. The number of rotatable bonds is 7. The predicted molar refractivity (Wildman–Crippen MR) is 104 cm³/mol. The summed E-state index contributed by atoms with van der Waals surface area (Å²) in [4.78, 5) is 14.7. The van der Waals surface area contributed by atoms with Crippen molar-refractivity contribution in [2.24, 2.45) is 7.05 Å². The van der Waals surface area contributed by atoms with Gasteiger partial charge in [0.1, 0.15) is 5.82 Å². The van der Waals surface area contributed by atoms with Gasteiger partial charge < -0.3 is 14.2 Å². The number of amides is 1. The Kier molecular flexibility index (Phi) is 6.47. The van der Waals surface area contributed by atoms with Crippen LogP contribution in [0.15, 0.2) is 5.16 Å². The molecule has 152 valence electrons. The van der Waals surface area contributed by atoms with Crippen LogP contribution in [-0.2, 0) is 26.4 Å². The normalized spacial score (nSPS) is 24.6. The molecule has 3 rings (SSSR count). The van der Waals surface area contributed by atoms with Crippen LogP contribution in [0.2, 0.25) is 0 Å². The Morgan fingerprint density at radius 3 is 2.70 bits per heavy atom. The lowest BCUT2D eigenvalue weighted by Gasteiger charge is -2.30. The second-order valence-corrected chi connectivity index (χ2v) is 10.8. The van der Waals surface area contributed by atoms with E-state index in [2.05, 4.69) is 10.2 Å². The fourth-order valence-corrected chi connectivity index (χ4v) is 6.18. The van der Waals surface area contributed by atoms with Crippen molar-refractivity contribution >= 4 is 27.5 Å². The number of carbonyl (C=O) groups excluding carboxylic acids is 1. The molecule has 2 unspecified atom stereocenters. The maximum atomic E-state index is 13.0. The SMILES string of the molecule is CC(C)c1nnc(SCC(=O)N(CC2CCCO2)C2CCS(=O)(=O)C2)n1C. The Bertz CT molecular complexity index is 772. The molecule has 0 aromatic carbocycles. The minimum atomic E-state index is -3.06. The fraction of sp³-hybridized carbons (Fsp3) is 0.824. The van der Waals surface area contributed by atoms with Crippen LogP contribution in [0.5, 0.6) is 0 Å². The largest absolute Gasteiger partial charge is 0.376 e. The van der Waals surface area contributed by atoms with E-state index in [4.69, 9.17) is 4.74 Å². The molecule has 1 amide bonds. The van der Waals surface area contributed by atoms with E-state index in [1.807, 2.05) is 25.5 Å². The van der Waals surface area contributed by atoms with Crippen LogP contribution in [0.1, 0.15) is 44.9 Å². The Balaban J connectivity index is 1.67. The van der Waals surface area contributed by atoms with E-state index in [9.17, 15) is 13.2 Å². The van der Waals surface area contributed by atoms with Crippen molar-refractivity contribution in [2.75, 3.05) is 30.4 Å². The molecule has 1 aromatic rings. The van der Waals surface area contributed by atoms with Crippen LogP contribution in [0.25, 0.3) is 0 Å². The van der Waals surface area contributed by atoms with Crippen molar-refractivity contribution in [2.45, 2.75) is 56.3 Å². The van der Waals surface area contributed by atoms with Crippen molar-refractivity contribution in [1.82, 2.24) is 19.7 Å². The molecule has 2 saturated heterocycles. The molecule has 8 nitrogen and oxygen atoms in total. The van der Waals surface area contributed by atoms with E-state index in [1.165, 1.54) is 11.8 Å². The van der Waals surface area contributed by atoms with Crippen LogP contribution in [0, 0.1) is 0 Å². The summed E-state index contributed by atoms with van der Waals surface area (Å²) in [6, 6.07) is -0.252. The molecule has 3 heterocycles. The summed E-state index contributed by atoms with van der Waals surface area (Å²) in [5.41, 5.74) is 0. The molecule has 0 spiro atoms. The number of carbonyl (C=O) groups is 1. The topological polar surface area (TPSA) is 94.4 Å². The average Bonchev–Trinajstić information content (AvgIpc) is 3.31. The van der Waals surface area contributed by atoms with Gasteiger partial charge in [0, 0.05) is 32.2 Å². The number of aromatic nitrogens is 3. The average molecular weight is 417 g/mol. The van der Waals surface area contributed by atoms with E-state index < -0.39 is 9.84 Å². The van der Waals surface area contributed by atoms with Gasteiger partial charge in [0.05, 0.1) is 23.4 Å². The molecule has 2 atom stereocenters. The van der Waals surface area contributed by atoms with Crippen molar-refractivity contribution in [3.8, 4) is 0 Å². The van der Waals surface area contributed by atoms with Crippen molar-refractivity contribution < 1.29 is 17.9 Å². The third-order valence-corrected chi connectivity index (χ3v) is 7.86. The van der Waals surface area contributed by atoms with Crippen LogP contribution in [0.4, 0.5) is 0 Å². The maximum absolute atomic E-state index is 13.0. The minimum absolute atomic E-state index is 0.00428. The van der Waals surface area contributed by atoms with Gasteiger partial charge in [-0.05, 0) is 19.3 Å². The summed E-state index contributed by atoms with van der Waals surface area (Å²) in [5, 5.41) is 9.06. The number of ether oxygens (including phenoxy) is 1. The second-order valence-electron chi connectivity index (χ2n) is 7.58. The molecule has 0 aliphatic carbocycles. The highest BCUT2D eigenvalue weighted by Crippen LogP contribution is 2.24. The maximum Gasteiger partial charge on any atom is 0.233 e. The molecular formula is C17H28N4O4S2. The molecule has 2 fully saturated rings. The Hall–Kier alpha value is -1.13. The first-order valence-electron chi connectivity index (χ1n) is 9.40. The van der Waals surface area contributed by atoms with E-state index in [1.54, 1.807) is 4.90 Å². The van der Waals surface area contributed by atoms with Gasteiger partial charge in [-0.25, -0.2) is 8.42 Å². The van der Waals surface area contributed by atoms with Gasteiger partial charge >= 0.3 is 0 Å². The molecule has 2 aliphatic rings. The van der Waals surface area contributed by atoms with Crippen molar-refractivity contribution in [3.05, 3.63) is 5.82 Å². The summed E-state index contributed by atoms with van der Waals surface area (Å²) in [6.45, 7) is 5.28. The van der Waals surface area contributed by atoms with Gasteiger partial charge in [-0.3, -0.25) is 4.79 Å². The summed E-state index contributed by atoms with van der Waals surface area (Å²) >= 11 is 1.35. The number of sulfone groups is 1. The molecule has 0 saturated carbocycles. The fourth-order valence-electron chi connectivity index (χ4n) is 3.65. The molecule has 0 bridgehead atoms. The monoisotopic (exact) mass is 416 g/mol. The number of nitrogens with zero attached hydrogens (tertiary/aromatic N) is 4. The van der Waals surface area contributed by atoms with Crippen molar-refractivity contribution in [1.29, 1.82) is 0 Å². The zero-order valence-electron chi connectivity index (χ0n) is 16.1. The van der Waals surface area contributed by atoms with Crippen LogP contribution >= 0.6 is 11.8 Å². The summed E-state index contributed by atoms with van der Waals surface area (Å²) in [7, 11) is -1.16. The van der Waals surface area contributed by atoms with Crippen molar-refractivity contribution in [3.63, 3.8) is 0 Å². The third-order valence-electron chi connectivity index (χ3n) is 5.10. The second kappa shape index (κ2) is 8.48. The number of hydrogen-bond donors (Lipinski definition) is 0. The third kappa shape index (κ3) is 5.03. The lowest BCUT2D eigenvalue weighted by atomic mass is 10.1. The lowest BCUT2D eigenvalue weighted by Crippen LogP contribution is -2.46. The molecular weight excluding hydrogens is 388 g/mol. The molecule has 10 heteroatoms. The van der Waals surface area contributed by atoms with Gasteiger partial charge in [0.2, 0.25) is 5.91 Å². The van der Waals surface area contributed by atoms with Crippen LogP contribution < -0.4 is 0 Å². The summed E-state index contributed by atoms with van der Waals surface area (Å²) in [6.07, 6.45) is 2.41. The Labute approximate surface area is 165 Å². The van der Waals surface area contributed by atoms with Gasteiger partial charge in [0.15, 0.2) is 15.0 Å². The quantitative estimate of drug-likeness (QED) is 0.617. The van der Waals surface area contributed by atoms with E-state index in [0.29, 0.717) is 24.7 Å². The van der Waals surface area contributed by atoms with E-state index in [-0.39, 0.29) is 41.2 Å². The highest BCUT2D eigenvalue weighted by Gasteiger charge is 2.36. The lowest BCUT2D eigenvalue weighted by molar-refractivity contribution is -0.131. The smallest absolute Gasteiger partial charge is 0.233 e. The van der Waals surface area contributed by atoms with Gasteiger partial charge in [-0.15, -0.1) is 10.2 Å². The van der Waals surface area contributed by atoms with E-state index >= 15 is 0 Å². The number of thioether (sulfide) groups is 1. The Morgan fingerprint density at radius 2 is 2.15 bits per heavy atom. The zero-order valence-corrected chi connectivity index (χ0v) is 17.8. The summed E-state index contributed by atoms with van der Waals surface area (Å²) in [5.74, 6) is 1.49. The molecule has 2 aliphatic heterocycles. The molecule has 1 aromatic heterocycles. The van der Waals surface area contributed by atoms with Crippen LogP contribution in [0.3, 0.4) is 0 Å². The molecule has 0 N–H and O–H groups in total. The van der Waals surface area contributed by atoms with Gasteiger partial charge in [-0.1, -0.05) is 25.6 Å². The predicted octanol–water partition coefficient (Wildman–Crippen LogP) is 1.23. The minimum Gasteiger partial charge on any atom is -0.376 e. The Morgan fingerprint density at radius 1 is 1.37 bits per heavy atom. The van der Waals surface area contributed by atoms with Gasteiger partial charge in [-0.2, -0.15) is 0 Å². The zero-order chi connectivity index (χ0) is 19.6.